The molecule has 0 atom stereocenters. The second kappa shape index (κ2) is 9.35. The van der Waals surface area contributed by atoms with Gasteiger partial charge in [-0.25, -0.2) is 14.5 Å². The third kappa shape index (κ3) is 4.45. The zero-order valence-corrected chi connectivity index (χ0v) is 18.4. The van der Waals surface area contributed by atoms with Crippen molar-refractivity contribution in [3.63, 3.8) is 0 Å². The van der Waals surface area contributed by atoms with E-state index in [2.05, 4.69) is 9.98 Å². The first-order chi connectivity index (χ1) is 16.0. The van der Waals surface area contributed by atoms with Crippen LogP contribution in [-0.2, 0) is 7.05 Å². The van der Waals surface area contributed by atoms with Gasteiger partial charge in [0.15, 0.2) is 17.2 Å². The molecule has 166 valence electrons. The molecule has 0 N–H and O–H groups in total. The molecule has 0 radical (unpaired) electrons. The zero-order valence-electron chi connectivity index (χ0n) is 18.4. The van der Waals surface area contributed by atoms with Crippen LogP contribution in [0.5, 0.6) is 11.5 Å². The summed E-state index contributed by atoms with van der Waals surface area (Å²) in [6.45, 7) is 1.84. The molecule has 33 heavy (non-hydrogen) atoms. The zero-order chi connectivity index (χ0) is 23.4. The van der Waals surface area contributed by atoms with Crippen LogP contribution in [0.4, 0.5) is 5.69 Å². The van der Waals surface area contributed by atoms with Crippen molar-refractivity contribution in [3.05, 3.63) is 100 Å². The lowest BCUT2D eigenvalue weighted by molar-refractivity contribution is 0.0729. The molecule has 4 rings (SSSR count). The van der Waals surface area contributed by atoms with E-state index in [-0.39, 0.29) is 11.3 Å². The molecule has 0 saturated heterocycles. The van der Waals surface area contributed by atoms with E-state index in [0.717, 1.165) is 11.4 Å². The number of ether oxygens (including phenoxy) is 2. The van der Waals surface area contributed by atoms with Gasteiger partial charge in [-0.1, -0.05) is 18.2 Å². The van der Waals surface area contributed by atoms with Gasteiger partial charge in [0.2, 0.25) is 0 Å². The van der Waals surface area contributed by atoms with Gasteiger partial charge in [0.05, 0.1) is 24.1 Å². The summed E-state index contributed by atoms with van der Waals surface area (Å²) in [6.07, 6.45) is 4.59. The lowest BCUT2D eigenvalue weighted by Crippen LogP contribution is -2.19. The Morgan fingerprint density at radius 2 is 1.76 bits per heavy atom. The molecule has 0 unspecified atom stereocenters. The Labute approximate surface area is 190 Å². The van der Waals surface area contributed by atoms with Gasteiger partial charge in [-0.15, -0.1) is 0 Å². The summed E-state index contributed by atoms with van der Waals surface area (Å²) in [5.41, 5.74) is 2.58. The molecule has 0 saturated carbocycles. The number of methoxy groups -OCH3 is 1. The fourth-order valence-electron chi connectivity index (χ4n) is 3.34. The van der Waals surface area contributed by atoms with Crippen molar-refractivity contribution in [2.45, 2.75) is 6.92 Å². The van der Waals surface area contributed by atoms with Crippen LogP contribution in [0.1, 0.15) is 21.6 Å². The van der Waals surface area contributed by atoms with Gasteiger partial charge < -0.3 is 9.47 Å². The molecular weight excluding hydrogens is 420 g/mol. The first-order valence-corrected chi connectivity index (χ1v) is 10.2. The highest BCUT2D eigenvalue weighted by Gasteiger charge is 2.16. The highest BCUT2D eigenvalue weighted by Crippen LogP contribution is 2.28. The molecule has 0 spiro atoms. The van der Waals surface area contributed by atoms with Crippen molar-refractivity contribution < 1.29 is 14.3 Å². The van der Waals surface area contributed by atoms with E-state index in [0.29, 0.717) is 22.6 Å². The number of carbonyl (C=O) groups excluding carboxylic acids is 1. The predicted molar refractivity (Wildman–Crippen MR) is 125 cm³/mol. The number of pyridine rings is 1. The number of benzene rings is 2. The molecule has 2 aromatic heterocycles. The van der Waals surface area contributed by atoms with E-state index in [1.54, 1.807) is 45.9 Å². The average molecular weight is 442 g/mol. The molecule has 0 aliphatic heterocycles. The van der Waals surface area contributed by atoms with Crippen LogP contribution in [0.3, 0.4) is 0 Å². The number of hydrogen-bond acceptors (Lipinski definition) is 6. The minimum atomic E-state index is -0.533. The van der Waals surface area contributed by atoms with Crippen LogP contribution in [0.25, 0.3) is 5.69 Å². The van der Waals surface area contributed by atoms with Crippen molar-refractivity contribution in [2.24, 2.45) is 12.0 Å². The molecule has 0 aliphatic rings. The summed E-state index contributed by atoms with van der Waals surface area (Å²) in [5, 5.41) is 0. The van der Waals surface area contributed by atoms with Gasteiger partial charge in [-0.05, 0) is 55.0 Å². The van der Waals surface area contributed by atoms with Crippen molar-refractivity contribution in [2.75, 3.05) is 7.11 Å². The number of hydrogen-bond donors (Lipinski definition) is 0. The van der Waals surface area contributed by atoms with Gasteiger partial charge >= 0.3 is 5.97 Å². The first-order valence-electron chi connectivity index (χ1n) is 10.2. The number of esters is 1. The smallest absolute Gasteiger partial charge is 0.343 e. The van der Waals surface area contributed by atoms with E-state index in [4.69, 9.17) is 9.47 Å². The summed E-state index contributed by atoms with van der Waals surface area (Å²) in [5.74, 6) is 0.112. The molecular formula is C25H22N4O4. The topological polar surface area (TPSA) is 87.7 Å². The van der Waals surface area contributed by atoms with Crippen molar-refractivity contribution in [1.29, 1.82) is 0 Å². The Morgan fingerprint density at radius 1 is 1.03 bits per heavy atom. The summed E-state index contributed by atoms with van der Waals surface area (Å²) in [6, 6.07) is 17.6. The summed E-state index contributed by atoms with van der Waals surface area (Å²) >= 11 is 0. The monoisotopic (exact) mass is 442 g/mol. The minimum Gasteiger partial charge on any atom is -0.493 e. The normalized spacial score (nSPS) is 11.0. The van der Waals surface area contributed by atoms with Crippen molar-refractivity contribution in [3.8, 4) is 17.2 Å². The summed E-state index contributed by atoms with van der Waals surface area (Å²) < 4.78 is 14.2. The fourth-order valence-corrected chi connectivity index (χ4v) is 3.34. The molecule has 4 aromatic rings. The number of rotatable bonds is 6. The fraction of sp³-hybridized carbons (Fsp3) is 0.120. The third-order valence-electron chi connectivity index (χ3n) is 5.17. The van der Waals surface area contributed by atoms with E-state index in [1.807, 2.05) is 44.3 Å². The lowest BCUT2D eigenvalue weighted by Gasteiger charge is -2.09. The highest BCUT2D eigenvalue weighted by atomic mass is 16.6. The Kier molecular flexibility index (Phi) is 6.17. The number of carbonyl (C=O) groups is 1. The van der Waals surface area contributed by atoms with E-state index < -0.39 is 5.97 Å². The SMILES string of the molecule is COc1ccc(C=Nc2c(C)n(C)n(-c3ccccc3)c2=O)cc1OC(=O)c1ccncc1. The maximum Gasteiger partial charge on any atom is 0.343 e. The minimum absolute atomic E-state index is 0.227. The van der Waals surface area contributed by atoms with Crippen LogP contribution in [0.15, 0.2) is 82.8 Å². The molecule has 0 fully saturated rings. The number of aromatic nitrogens is 3. The Morgan fingerprint density at radius 3 is 2.45 bits per heavy atom. The van der Waals surface area contributed by atoms with Crippen molar-refractivity contribution in [1.82, 2.24) is 14.3 Å². The quantitative estimate of drug-likeness (QED) is 0.257. The molecule has 0 bridgehead atoms. The number of aliphatic imine (C=N–C) groups is 1. The number of nitrogens with zero attached hydrogens (tertiary/aromatic N) is 4. The standard InChI is InChI=1S/C25H22N4O4/c1-17-23(24(30)29(28(17)2)20-7-5-4-6-8-20)27-16-18-9-10-21(32-3)22(15-18)33-25(31)19-11-13-26-14-12-19/h4-16H,1-3H3. The van der Waals surface area contributed by atoms with Crippen LogP contribution >= 0.6 is 0 Å². The first kappa shape index (κ1) is 21.8. The molecule has 8 nitrogen and oxygen atoms in total. The Balaban J connectivity index is 1.65. The van der Waals surface area contributed by atoms with Gasteiger partial charge in [0, 0.05) is 25.7 Å². The molecule has 2 heterocycles. The third-order valence-corrected chi connectivity index (χ3v) is 5.17. The van der Waals surface area contributed by atoms with Gasteiger partial charge in [0.1, 0.15) is 0 Å². The van der Waals surface area contributed by atoms with Gasteiger partial charge in [-0.2, -0.15) is 0 Å². The second-order valence-electron chi connectivity index (χ2n) is 7.20. The summed E-state index contributed by atoms with van der Waals surface area (Å²) in [4.78, 5) is 33.8. The maximum absolute atomic E-state index is 13.0. The highest BCUT2D eigenvalue weighted by molar-refractivity contribution is 5.91. The van der Waals surface area contributed by atoms with Crippen LogP contribution in [0.2, 0.25) is 0 Å². The van der Waals surface area contributed by atoms with Crippen LogP contribution < -0.4 is 15.0 Å². The van der Waals surface area contributed by atoms with E-state index in [1.165, 1.54) is 19.5 Å². The van der Waals surface area contributed by atoms with Gasteiger partial charge in [0.25, 0.3) is 5.56 Å². The predicted octanol–water partition coefficient (Wildman–Crippen LogP) is 3.86. The van der Waals surface area contributed by atoms with Gasteiger partial charge in [-0.3, -0.25) is 14.5 Å². The largest absolute Gasteiger partial charge is 0.493 e. The van der Waals surface area contributed by atoms with E-state index in [9.17, 15) is 9.59 Å². The second-order valence-corrected chi connectivity index (χ2v) is 7.20. The molecule has 2 aromatic carbocycles. The van der Waals surface area contributed by atoms with E-state index >= 15 is 0 Å². The number of para-hydroxylation sites is 1. The van der Waals surface area contributed by atoms with Crippen LogP contribution in [-0.4, -0.2) is 33.6 Å². The lowest BCUT2D eigenvalue weighted by atomic mass is 10.2. The van der Waals surface area contributed by atoms with Crippen molar-refractivity contribution >= 4 is 17.9 Å². The molecule has 0 amide bonds. The van der Waals surface area contributed by atoms with Crippen LogP contribution in [0, 0.1) is 6.92 Å². The molecule has 8 heteroatoms. The Bertz CT molecular complexity index is 1370. The maximum atomic E-state index is 13.0. The molecule has 0 aliphatic carbocycles. The summed E-state index contributed by atoms with van der Waals surface area (Å²) in [7, 11) is 3.30. The Hall–Kier alpha value is -4.46. The average Bonchev–Trinajstić information content (AvgIpc) is 3.06.